The van der Waals surface area contributed by atoms with E-state index < -0.39 is 47.3 Å². The van der Waals surface area contributed by atoms with E-state index in [0.29, 0.717) is 81.2 Å². The van der Waals surface area contributed by atoms with Gasteiger partial charge in [0, 0.05) is 160 Å². The molecule has 0 spiro atoms. The van der Waals surface area contributed by atoms with Gasteiger partial charge in [0.25, 0.3) is 5.97 Å². The van der Waals surface area contributed by atoms with Crippen molar-refractivity contribution in [3.63, 3.8) is 0 Å². The second-order valence-corrected chi connectivity index (χ2v) is 37.1. The van der Waals surface area contributed by atoms with E-state index in [2.05, 4.69) is 120 Å². The van der Waals surface area contributed by atoms with Gasteiger partial charge in [0.1, 0.15) is 30.0 Å². The number of rotatable bonds is 47. The van der Waals surface area contributed by atoms with Crippen LogP contribution in [0.3, 0.4) is 0 Å². The Bertz CT molecular complexity index is 3570. The molecule has 37 heteroatoms. The number of esters is 4. The Labute approximate surface area is 787 Å². The Morgan fingerprint density at radius 2 is 0.780 bits per heavy atom. The molecule has 0 saturated heterocycles. The van der Waals surface area contributed by atoms with Gasteiger partial charge in [-0.15, -0.1) is 7.92 Å². The number of hydrogen-bond donors (Lipinski definition) is 9. The number of carbonyl (C=O) groups excluding carboxylic acids is 6. The van der Waals surface area contributed by atoms with Crippen LogP contribution in [0.4, 0.5) is 0 Å². The molecule has 2 amide bonds. The van der Waals surface area contributed by atoms with E-state index in [1.54, 1.807) is 48.6 Å². The van der Waals surface area contributed by atoms with Crippen molar-refractivity contribution in [2.24, 2.45) is 22.0 Å². The standard InChI is InChI=1S/C22H34NO5P3.C21H29NO6.C20H32NO4P3.C20H31O5P3.C3H9P.C2H4O2.2CH4.H3PS/c1-17(24)23-20(22(2,3)14-13-18-11-9-12-21(25)27-18)16-19(28-31-30)10-7-5-4-6-8-15-26-29;1-16(24)22-19(15-17(25)9-6-4-3-5-7-14-23)21(2,27)13-12-18-10-8-11-20(26)28-18;2*1-20(2,13-12-16-10-8-11-19(22)24-16)18(21)15-17(25-28-27)9-6-4-3-5-7-14-23-26;1-4(2)3;1-2(3)4;;;1-2/h4-10,12-14,18-20,31H,11,15-16,29-30H2,1-3H3,(H,23,24);3-9,11-13,17-19,23,25,27H,10,14-15H2,1-2H3,(H,22,24);3-9,11-13,16-18,28H,10,14-15,21,26-27H2,1-2H3;3-9,11-13,16-18,21,28H,10,14-15,26-27H2,1-2H3;1-3H3;1H3,(H,3,4);2*1H4;2H,1H2/b5-4-,8-6+,10-7-,14-13+;3*4-3-,7-5+,9-6-,13-12+;;;;;/t18-,19+,20-;17-,18+,19+,21+;2*16-,17+,18-;;;;;/m1011...../s1. The zero-order valence-electron chi connectivity index (χ0n) is 74.2. The maximum absolute atomic E-state index is 11.9. The van der Waals surface area contributed by atoms with Gasteiger partial charge < -0.3 is 88.0 Å². The van der Waals surface area contributed by atoms with Crippen molar-refractivity contribution in [1.82, 2.24) is 10.6 Å². The van der Waals surface area contributed by atoms with Crippen LogP contribution in [0.1, 0.15) is 135 Å². The van der Waals surface area contributed by atoms with Crippen LogP contribution in [0, 0.1) is 16.2 Å². The highest BCUT2D eigenvalue weighted by Gasteiger charge is 2.34. The lowest BCUT2D eigenvalue weighted by molar-refractivity contribution is -0.142. The number of carboxylic acids is 1. The van der Waals surface area contributed by atoms with Gasteiger partial charge >= 0.3 is 23.9 Å². The van der Waals surface area contributed by atoms with Gasteiger partial charge in [-0.2, -0.15) is 12.2 Å². The van der Waals surface area contributed by atoms with Gasteiger partial charge in [-0.3, -0.25) is 14.4 Å². The van der Waals surface area contributed by atoms with Gasteiger partial charge in [-0.25, -0.2) is 19.2 Å². The second kappa shape index (κ2) is 82.4. The Morgan fingerprint density at radius 3 is 1.10 bits per heavy atom. The van der Waals surface area contributed by atoms with E-state index in [9.17, 15) is 44.1 Å². The third kappa shape index (κ3) is 75.8. The lowest BCUT2D eigenvalue weighted by atomic mass is 9.80. The molecule has 0 fully saturated rings. The Balaban J connectivity index is -0.000000499. The number of hydrogen-bond acceptors (Lipinski definition) is 23. The summed E-state index contributed by atoms with van der Waals surface area (Å²) in [5.41, 5.74) is 3.89. The molecule has 127 heavy (non-hydrogen) atoms. The third-order valence-electron chi connectivity index (χ3n) is 17.0. The van der Waals surface area contributed by atoms with Crippen LogP contribution >= 0.6 is 109 Å². The zero-order chi connectivity index (χ0) is 94.9. The molecule has 0 saturated carbocycles. The van der Waals surface area contributed by atoms with Crippen LogP contribution in [-0.4, -0.2) is 192 Å². The molecule has 10 unspecified atom stereocenters. The van der Waals surface area contributed by atoms with Crippen molar-refractivity contribution in [2.45, 2.75) is 214 Å². The van der Waals surface area contributed by atoms with Crippen LogP contribution in [0.25, 0.3) is 0 Å². The van der Waals surface area contributed by atoms with E-state index in [4.69, 9.17) is 66.8 Å². The first-order chi connectivity index (χ1) is 59.3. The van der Waals surface area contributed by atoms with Gasteiger partial charge in [-0.1, -0.05) is 286 Å². The van der Waals surface area contributed by atoms with E-state index >= 15 is 0 Å². The average molecular weight is 2000 g/mol. The van der Waals surface area contributed by atoms with E-state index in [0.717, 1.165) is 6.92 Å². The first-order valence-corrected chi connectivity index (χ1v) is 54.2. The number of nitrogens with one attached hydrogen (secondary N) is 2. The van der Waals surface area contributed by atoms with Crippen LogP contribution in [0.2, 0.25) is 0 Å². The summed E-state index contributed by atoms with van der Waals surface area (Å²) in [5.74, 6) is -2.68. The Morgan fingerprint density at radius 1 is 0.488 bits per heavy atom. The molecule has 4 aliphatic rings. The number of carboxylic acid groups (broad SMARTS) is 1. The summed E-state index contributed by atoms with van der Waals surface area (Å²) in [6.07, 6.45) is 73.1. The van der Waals surface area contributed by atoms with Gasteiger partial charge in [0.05, 0.1) is 63.0 Å². The molecule has 0 radical (unpaired) electrons. The highest BCUT2D eigenvalue weighted by atomic mass is 32.7. The first kappa shape index (κ1) is 131. The molecule has 0 bridgehead atoms. The predicted molar refractivity (Wildman–Crippen MR) is 559 cm³/mol. The quantitative estimate of drug-likeness (QED) is 0.00682. The largest absolute Gasteiger partial charge is 0.481 e. The minimum absolute atomic E-state index is 0. The molecule has 9 N–H and O–H groups in total. The highest BCUT2D eigenvalue weighted by Crippen LogP contribution is 2.35. The fraction of sp³-hybridized carbons (Fsp3) is 0.478. The van der Waals surface area contributed by atoms with Crippen molar-refractivity contribution in [3.05, 3.63) is 243 Å². The molecular formula is C90H150N3O22P11S. The number of aliphatic hydroxyl groups is 4. The van der Waals surface area contributed by atoms with Crippen molar-refractivity contribution >= 4 is 151 Å². The molecule has 0 aromatic heterocycles. The SMILES string of the molecule is C.C.CC(=O)N[C@H](C[C@@H](O)\C=C/C=C\C=C\CO)[C@](C)(O)/C=C/[C@H]1CC=CC(=O)O1.CC(=O)N[C@H](C[C@H](\C=C/C=C\C=C\COP)OPP)C(C)(C)/C=C/[C@H]1CC=CC(=O)O1.CC(=O)O.CC(C)(/C=C/[C@H]1CC=CC(=O)O1)[C@H](N)C[C@H](\C=C/C=C\C=C\COP)OPP.CC(C)(/C=C/[C@H]1CC=CC(=O)O1)[C@H](O)C[C@H](\C=C/C=C\C=C\COP)OPP.CP(C)C.PS. The fourth-order valence-electron chi connectivity index (χ4n) is 10.3. The number of thiol groups is 1. The third-order valence-corrected chi connectivity index (χ3v) is 20.1. The van der Waals surface area contributed by atoms with Crippen LogP contribution in [0.15, 0.2) is 243 Å². The average Bonchev–Trinajstić information content (AvgIpc) is 1.07. The van der Waals surface area contributed by atoms with Crippen molar-refractivity contribution in [3.8, 4) is 0 Å². The van der Waals surface area contributed by atoms with Crippen LogP contribution in [0.5, 0.6) is 0 Å². The molecule has 4 rings (SSSR count). The zero-order valence-corrected chi connectivity index (χ0v) is 87.1. The Kier molecular flexibility index (Phi) is 85.1. The lowest BCUT2D eigenvalue weighted by Gasteiger charge is -2.34. The molecular weight excluding hydrogens is 1850 g/mol. The number of carbonyl (C=O) groups is 7. The summed E-state index contributed by atoms with van der Waals surface area (Å²) < 4.78 is 52.9. The molecule has 718 valence electrons. The Hall–Kier alpha value is -4.27. The topological polar surface area (TPSA) is 363 Å². The summed E-state index contributed by atoms with van der Waals surface area (Å²) in [4.78, 5) is 77.8. The molecule has 4 aliphatic heterocycles. The number of aliphatic hydroxyl groups excluding tert-OH is 3. The fourth-order valence-corrected chi connectivity index (χ4v) is 13.3. The number of allylic oxidation sites excluding steroid dienone is 16. The summed E-state index contributed by atoms with van der Waals surface area (Å²) in [7, 11) is 17.7. The van der Waals surface area contributed by atoms with Gasteiger partial charge in [-0.05, 0) is 69.5 Å². The van der Waals surface area contributed by atoms with Gasteiger partial charge in [0.15, 0.2) is 0 Å². The number of cyclic esters (lactones) is 4. The van der Waals surface area contributed by atoms with E-state index in [-0.39, 0.29) is 134 Å². The first-order valence-electron chi connectivity index (χ1n) is 39.9. The lowest BCUT2D eigenvalue weighted by Crippen LogP contribution is -2.51. The second-order valence-electron chi connectivity index (χ2n) is 29.9. The van der Waals surface area contributed by atoms with E-state index in [1.165, 1.54) is 57.2 Å². The molecule has 0 aromatic carbocycles. The summed E-state index contributed by atoms with van der Waals surface area (Å²) in [6, 6.07) is -1.04. The number of amides is 2. The van der Waals surface area contributed by atoms with Crippen LogP contribution in [-0.2, 0) is 79.7 Å². The van der Waals surface area contributed by atoms with Crippen molar-refractivity contribution in [1.29, 1.82) is 0 Å². The smallest absolute Gasteiger partial charge is 0.331 e. The summed E-state index contributed by atoms with van der Waals surface area (Å²) in [5, 5.41) is 53.5. The minimum atomic E-state index is -1.46. The highest BCUT2D eigenvalue weighted by molar-refractivity contribution is 8.31. The molecule has 23 atom stereocenters. The summed E-state index contributed by atoms with van der Waals surface area (Å²) in [6.45, 7) is 25.9. The maximum Gasteiger partial charge on any atom is 0.331 e. The minimum Gasteiger partial charge on any atom is -0.481 e. The maximum atomic E-state index is 11.9. The molecule has 0 aromatic rings. The van der Waals surface area contributed by atoms with E-state index in [1.807, 2.05) is 186 Å². The monoisotopic (exact) mass is 2000 g/mol. The molecule has 25 nitrogen and oxygen atoms in total. The molecule has 4 heterocycles. The van der Waals surface area contributed by atoms with Crippen LogP contribution < -0.4 is 16.4 Å². The van der Waals surface area contributed by atoms with Gasteiger partial charge in [0.2, 0.25) is 11.8 Å². The normalized spacial score (nSPS) is 19.5. The summed E-state index contributed by atoms with van der Waals surface area (Å²) >= 11 is 3.44. The molecule has 0 aliphatic carbocycles. The number of nitrogens with two attached hydrogens (primary N) is 1. The predicted octanol–water partition coefficient (Wildman–Crippen LogP) is 17.9. The van der Waals surface area contributed by atoms with Crippen molar-refractivity contribution in [2.75, 3.05) is 46.4 Å². The number of ether oxygens (including phenoxy) is 4. The van der Waals surface area contributed by atoms with Crippen molar-refractivity contribution < 1.29 is 105 Å². The number of aliphatic carboxylic acids is 1.